The second kappa shape index (κ2) is 6.53. The molecule has 2 aliphatic rings. The Hall–Kier alpha value is -1.73. The van der Waals surface area contributed by atoms with E-state index in [4.69, 9.17) is 9.72 Å². The number of nitrogens with zero attached hydrogens (tertiary/aromatic N) is 4. The minimum Gasteiger partial charge on any atom is -0.383 e. The molecule has 0 radical (unpaired) electrons. The van der Waals surface area contributed by atoms with Crippen molar-refractivity contribution in [2.45, 2.75) is 26.2 Å². The van der Waals surface area contributed by atoms with Gasteiger partial charge in [0.15, 0.2) is 0 Å². The summed E-state index contributed by atoms with van der Waals surface area (Å²) in [4.78, 5) is 27.7. The van der Waals surface area contributed by atoms with Crippen LogP contribution < -0.4 is 4.90 Å². The Morgan fingerprint density at radius 1 is 1.32 bits per heavy atom. The van der Waals surface area contributed by atoms with Crippen molar-refractivity contribution in [3.8, 4) is 0 Å². The van der Waals surface area contributed by atoms with Gasteiger partial charge in [-0.25, -0.2) is 9.97 Å². The molecule has 1 spiro atoms. The molecule has 2 saturated heterocycles. The fourth-order valence-electron chi connectivity index (χ4n) is 4.18. The fraction of sp³-hybridized carbons (Fsp3) is 0.611. The van der Waals surface area contributed by atoms with Gasteiger partial charge in [-0.3, -0.25) is 4.79 Å². The van der Waals surface area contributed by atoms with Gasteiger partial charge in [0.2, 0.25) is 5.91 Å². The number of anilines is 1. The van der Waals surface area contributed by atoms with Crippen molar-refractivity contribution in [2.75, 3.05) is 44.8 Å². The lowest BCUT2D eigenvalue weighted by Crippen LogP contribution is -2.51. The topological polar surface area (TPSA) is 58.6 Å². The molecular weight excluding hydrogens is 336 g/mol. The maximum Gasteiger partial charge on any atom is 0.230 e. The summed E-state index contributed by atoms with van der Waals surface area (Å²) < 4.78 is 5.17. The molecule has 0 N–H and O–H groups in total. The number of aryl methyl sites for hydroxylation is 1. The molecule has 25 heavy (non-hydrogen) atoms. The third kappa shape index (κ3) is 2.89. The van der Waals surface area contributed by atoms with Crippen molar-refractivity contribution in [3.05, 3.63) is 17.3 Å². The van der Waals surface area contributed by atoms with Crippen LogP contribution in [0.15, 0.2) is 11.4 Å². The molecule has 2 aliphatic heterocycles. The van der Waals surface area contributed by atoms with Crippen molar-refractivity contribution in [1.29, 1.82) is 0 Å². The third-order valence-electron chi connectivity index (χ3n) is 5.46. The summed E-state index contributed by atoms with van der Waals surface area (Å²) in [5, 5.41) is 3.17. The molecule has 2 aromatic heterocycles. The summed E-state index contributed by atoms with van der Waals surface area (Å²) in [5.41, 5.74) is -0.257. The normalized spacial score (nSPS) is 24.0. The SMILES string of the molecule is COCCN1CCCC2(CCN(c3nc(C)nc4sccc34)C2)C1=O. The summed E-state index contributed by atoms with van der Waals surface area (Å²) in [6.07, 6.45) is 2.95. The molecule has 6 nitrogen and oxygen atoms in total. The van der Waals surface area contributed by atoms with Crippen molar-refractivity contribution >= 4 is 33.3 Å². The molecule has 0 saturated carbocycles. The highest BCUT2D eigenvalue weighted by Crippen LogP contribution is 2.42. The van der Waals surface area contributed by atoms with Crippen LogP contribution in [0.5, 0.6) is 0 Å². The van der Waals surface area contributed by atoms with Gasteiger partial charge < -0.3 is 14.5 Å². The lowest BCUT2D eigenvalue weighted by Gasteiger charge is -2.39. The molecular formula is C18H24N4O2S. The molecule has 0 bridgehead atoms. The number of likely N-dealkylation sites (tertiary alicyclic amines) is 1. The van der Waals surface area contributed by atoms with Crippen LogP contribution in [-0.2, 0) is 9.53 Å². The first-order valence-corrected chi connectivity index (χ1v) is 9.76. The van der Waals surface area contributed by atoms with E-state index in [0.29, 0.717) is 19.1 Å². The van der Waals surface area contributed by atoms with Gasteiger partial charge in [-0.05, 0) is 37.6 Å². The predicted molar refractivity (Wildman–Crippen MR) is 99.1 cm³/mol. The second-order valence-corrected chi connectivity index (χ2v) is 7.97. The molecule has 2 fully saturated rings. The first kappa shape index (κ1) is 16.7. The Kier molecular flexibility index (Phi) is 4.37. The molecule has 7 heteroatoms. The highest BCUT2D eigenvalue weighted by Gasteiger charge is 2.48. The van der Waals surface area contributed by atoms with Gasteiger partial charge in [0.25, 0.3) is 0 Å². The number of amides is 1. The Morgan fingerprint density at radius 3 is 3.04 bits per heavy atom. The number of fused-ring (bicyclic) bond motifs is 1. The molecule has 1 atom stereocenters. The van der Waals surface area contributed by atoms with Gasteiger partial charge in [0.1, 0.15) is 16.5 Å². The zero-order valence-corrected chi connectivity index (χ0v) is 15.6. The number of rotatable bonds is 4. The van der Waals surface area contributed by atoms with Crippen LogP contribution in [0.25, 0.3) is 10.2 Å². The number of ether oxygens (including phenoxy) is 1. The van der Waals surface area contributed by atoms with E-state index in [2.05, 4.69) is 21.3 Å². The van der Waals surface area contributed by atoms with E-state index in [1.165, 1.54) is 0 Å². The first-order valence-electron chi connectivity index (χ1n) is 8.88. The van der Waals surface area contributed by atoms with E-state index in [-0.39, 0.29) is 5.41 Å². The highest BCUT2D eigenvalue weighted by molar-refractivity contribution is 7.16. The van der Waals surface area contributed by atoms with Crippen molar-refractivity contribution < 1.29 is 9.53 Å². The van der Waals surface area contributed by atoms with Gasteiger partial charge in [-0.2, -0.15) is 0 Å². The summed E-state index contributed by atoms with van der Waals surface area (Å²) in [6, 6.07) is 2.09. The Bertz CT molecular complexity index is 792. The van der Waals surface area contributed by atoms with E-state index in [1.807, 2.05) is 11.8 Å². The number of methoxy groups -OCH3 is 1. The minimum absolute atomic E-state index is 0.257. The molecule has 1 unspecified atom stereocenters. The monoisotopic (exact) mass is 360 g/mol. The number of aromatic nitrogens is 2. The maximum atomic E-state index is 13.1. The van der Waals surface area contributed by atoms with Crippen LogP contribution in [0.3, 0.4) is 0 Å². The number of piperidine rings is 1. The molecule has 0 aromatic carbocycles. The van der Waals surface area contributed by atoms with Crippen LogP contribution in [0, 0.1) is 12.3 Å². The van der Waals surface area contributed by atoms with Crippen LogP contribution in [0.4, 0.5) is 5.82 Å². The molecule has 4 heterocycles. The number of thiophene rings is 1. The minimum atomic E-state index is -0.257. The largest absolute Gasteiger partial charge is 0.383 e. The number of carbonyl (C=O) groups is 1. The van der Waals surface area contributed by atoms with E-state index in [9.17, 15) is 4.79 Å². The highest BCUT2D eigenvalue weighted by atomic mass is 32.1. The maximum absolute atomic E-state index is 13.1. The Morgan fingerprint density at radius 2 is 2.20 bits per heavy atom. The standard InChI is InChI=1S/C18H24N4O2S/c1-13-19-15(14-4-11-25-16(14)20-13)22-8-6-18(12-22)5-3-7-21(17(18)23)9-10-24-2/h4,11H,3,5-10,12H2,1-2H3. The van der Waals surface area contributed by atoms with Crippen molar-refractivity contribution in [3.63, 3.8) is 0 Å². The average molecular weight is 360 g/mol. The Balaban J connectivity index is 1.59. The average Bonchev–Trinajstić information content (AvgIpc) is 3.23. The number of hydrogen-bond acceptors (Lipinski definition) is 6. The second-order valence-electron chi connectivity index (χ2n) is 7.07. The summed E-state index contributed by atoms with van der Waals surface area (Å²) >= 11 is 1.64. The van der Waals surface area contributed by atoms with E-state index >= 15 is 0 Å². The summed E-state index contributed by atoms with van der Waals surface area (Å²) in [7, 11) is 1.69. The lowest BCUT2D eigenvalue weighted by molar-refractivity contribution is -0.145. The first-order chi connectivity index (χ1) is 12.1. The summed E-state index contributed by atoms with van der Waals surface area (Å²) in [5.74, 6) is 2.08. The third-order valence-corrected chi connectivity index (χ3v) is 6.27. The predicted octanol–water partition coefficient (Wildman–Crippen LogP) is 2.47. The lowest BCUT2D eigenvalue weighted by atomic mass is 9.78. The molecule has 2 aromatic rings. The Labute approximate surface area is 151 Å². The van der Waals surface area contributed by atoms with Crippen LogP contribution in [0.1, 0.15) is 25.1 Å². The van der Waals surface area contributed by atoms with Crippen LogP contribution >= 0.6 is 11.3 Å². The van der Waals surface area contributed by atoms with Gasteiger partial charge in [0, 0.05) is 33.3 Å². The van der Waals surface area contributed by atoms with E-state index < -0.39 is 0 Å². The van der Waals surface area contributed by atoms with Gasteiger partial charge in [-0.15, -0.1) is 11.3 Å². The van der Waals surface area contributed by atoms with Crippen LogP contribution in [-0.4, -0.2) is 60.7 Å². The zero-order chi connectivity index (χ0) is 17.4. The van der Waals surface area contributed by atoms with E-state index in [0.717, 1.165) is 60.8 Å². The summed E-state index contributed by atoms with van der Waals surface area (Å²) in [6.45, 7) is 5.73. The van der Waals surface area contributed by atoms with Crippen LogP contribution in [0.2, 0.25) is 0 Å². The smallest absolute Gasteiger partial charge is 0.230 e. The molecule has 134 valence electrons. The molecule has 1 amide bonds. The quantitative estimate of drug-likeness (QED) is 0.838. The van der Waals surface area contributed by atoms with Gasteiger partial charge >= 0.3 is 0 Å². The number of carbonyl (C=O) groups excluding carboxylic acids is 1. The molecule has 0 aliphatic carbocycles. The fourth-order valence-corrected chi connectivity index (χ4v) is 4.99. The zero-order valence-electron chi connectivity index (χ0n) is 14.8. The van der Waals surface area contributed by atoms with Gasteiger partial charge in [0.05, 0.1) is 17.4 Å². The number of hydrogen-bond donors (Lipinski definition) is 0. The van der Waals surface area contributed by atoms with E-state index in [1.54, 1.807) is 18.4 Å². The van der Waals surface area contributed by atoms with Crippen molar-refractivity contribution in [2.24, 2.45) is 5.41 Å². The molecule has 4 rings (SSSR count). The van der Waals surface area contributed by atoms with Crippen molar-refractivity contribution in [1.82, 2.24) is 14.9 Å². The van der Waals surface area contributed by atoms with Gasteiger partial charge in [-0.1, -0.05) is 0 Å².